The van der Waals surface area contributed by atoms with Gasteiger partial charge in [-0.15, -0.1) is 0 Å². The van der Waals surface area contributed by atoms with Gasteiger partial charge >= 0.3 is 0 Å². The summed E-state index contributed by atoms with van der Waals surface area (Å²) in [5, 5.41) is 2.95. The number of guanidine groups is 1. The van der Waals surface area contributed by atoms with E-state index in [1.54, 1.807) is 37.4 Å². The van der Waals surface area contributed by atoms with Crippen molar-refractivity contribution in [3.8, 4) is 5.75 Å². The maximum absolute atomic E-state index is 12.1. The van der Waals surface area contributed by atoms with Crippen LogP contribution in [0.5, 0.6) is 5.75 Å². The van der Waals surface area contributed by atoms with Crippen LogP contribution in [-0.4, -0.2) is 33.8 Å². The number of rotatable bonds is 7. The lowest BCUT2D eigenvalue weighted by Gasteiger charge is -2.07. The summed E-state index contributed by atoms with van der Waals surface area (Å²) in [7, 11) is -1.67. The van der Waals surface area contributed by atoms with Crippen LogP contribution < -0.4 is 15.8 Å². The van der Waals surface area contributed by atoms with Crippen LogP contribution in [0.3, 0.4) is 0 Å². The molecule has 0 radical (unpaired) electrons. The summed E-state index contributed by atoms with van der Waals surface area (Å²) in [5.41, 5.74) is 6.58. The van der Waals surface area contributed by atoms with Crippen molar-refractivity contribution in [3.63, 3.8) is 0 Å². The molecule has 0 aliphatic rings. The fourth-order valence-corrected chi connectivity index (χ4v) is 3.38. The summed E-state index contributed by atoms with van der Waals surface area (Å²) in [4.78, 5) is 4.48. The number of benzene rings is 2. The van der Waals surface area contributed by atoms with Crippen LogP contribution in [0.2, 0.25) is 0 Å². The van der Waals surface area contributed by atoms with Crippen LogP contribution in [-0.2, 0) is 9.84 Å². The van der Waals surface area contributed by atoms with Gasteiger partial charge in [0.05, 0.1) is 17.8 Å². The van der Waals surface area contributed by atoms with Crippen LogP contribution in [0.25, 0.3) is 0 Å². The summed E-state index contributed by atoms with van der Waals surface area (Å²) in [6, 6.07) is 15.7. The molecule has 0 atom stereocenters. The number of aliphatic imine (C=N–C) groups is 1. The Morgan fingerprint density at radius 2 is 1.79 bits per heavy atom. The topological polar surface area (TPSA) is 93.8 Å². The number of ether oxygens (including phenoxy) is 1. The smallest absolute Gasteiger partial charge is 0.193 e. The minimum absolute atomic E-state index is 0.0380. The Hall–Kier alpha value is -2.54. The molecule has 2 aromatic rings. The molecule has 2 aromatic carbocycles. The molecule has 0 fully saturated rings. The van der Waals surface area contributed by atoms with Gasteiger partial charge in [0.1, 0.15) is 5.75 Å². The molecule has 0 aromatic heterocycles. The highest BCUT2D eigenvalue weighted by molar-refractivity contribution is 7.91. The molecule has 0 spiro atoms. The molecule has 0 aliphatic carbocycles. The standard InChI is InChI=1S/C17H21N3O3S/c1-23-15-10-8-14(9-11-15)20-17(18)19-12-5-13-24(21,22)16-6-3-2-4-7-16/h2-4,6-11H,5,12-13H2,1H3,(H3,18,19,20). The molecule has 7 heteroatoms. The molecule has 6 nitrogen and oxygen atoms in total. The van der Waals surface area contributed by atoms with Crippen molar-refractivity contribution < 1.29 is 13.2 Å². The lowest BCUT2D eigenvalue weighted by molar-refractivity contribution is 0.415. The van der Waals surface area contributed by atoms with Gasteiger partial charge in [-0.25, -0.2) is 8.42 Å². The number of nitrogens with one attached hydrogen (secondary N) is 1. The summed E-state index contributed by atoms with van der Waals surface area (Å²) in [6.45, 7) is 0.334. The van der Waals surface area contributed by atoms with E-state index in [0.29, 0.717) is 17.9 Å². The summed E-state index contributed by atoms with van der Waals surface area (Å²) in [5.74, 6) is 1.04. The first-order valence-corrected chi connectivity index (χ1v) is 9.15. The Morgan fingerprint density at radius 1 is 1.12 bits per heavy atom. The van der Waals surface area contributed by atoms with Gasteiger partial charge in [0.25, 0.3) is 0 Å². The van der Waals surface area contributed by atoms with Crippen LogP contribution >= 0.6 is 0 Å². The van der Waals surface area contributed by atoms with E-state index in [4.69, 9.17) is 10.5 Å². The maximum atomic E-state index is 12.1. The first-order valence-electron chi connectivity index (χ1n) is 7.50. The van der Waals surface area contributed by atoms with Gasteiger partial charge in [0, 0.05) is 12.2 Å². The van der Waals surface area contributed by atoms with Crippen molar-refractivity contribution in [2.75, 3.05) is 24.7 Å². The molecule has 3 N–H and O–H groups in total. The van der Waals surface area contributed by atoms with Gasteiger partial charge in [0.2, 0.25) is 0 Å². The van der Waals surface area contributed by atoms with Crippen molar-refractivity contribution in [1.29, 1.82) is 0 Å². The van der Waals surface area contributed by atoms with Gasteiger partial charge < -0.3 is 15.8 Å². The predicted octanol–water partition coefficient (Wildman–Crippen LogP) is 2.29. The normalized spacial score (nSPS) is 12.0. The molecule has 128 valence electrons. The second-order valence-electron chi connectivity index (χ2n) is 5.11. The van der Waals surface area contributed by atoms with Crippen LogP contribution in [0.4, 0.5) is 5.69 Å². The lowest BCUT2D eigenvalue weighted by Crippen LogP contribution is -2.23. The number of sulfone groups is 1. The van der Waals surface area contributed by atoms with E-state index in [0.717, 1.165) is 11.4 Å². The Kier molecular flexibility index (Phi) is 6.20. The number of nitrogens with two attached hydrogens (primary N) is 1. The minimum atomic E-state index is -3.27. The number of hydrogen-bond acceptors (Lipinski definition) is 4. The molecule has 0 saturated carbocycles. The Labute approximate surface area is 142 Å². The lowest BCUT2D eigenvalue weighted by atomic mass is 10.3. The summed E-state index contributed by atoms with van der Waals surface area (Å²) < 4.78 is 29.3. The van der Waals surface area contributed by atoms with E-state index in [2.05, 4.69) is 10.3 Å². The molecule has 0 amide bonds. The highest BCUT2D eigenvalue weighted by atomic mass is 32.2. The van der Waals surface area contributed by atoms with Crippen molar-refractivity contribution in [3.05, 3.63) is 54.6 Å². The van der Waals surface area contributed by atoms with Gasteiger partial charge in [-0.2, -0.15) is 0 Å². The van der Waals surface area contributed by atoms with E-state index in [-0.39, 0.29) is 11.7 Å². The first-order chi connectivity index (χ1) is 11.5. The van der Waals surface area contributed by atoms with E-state index in [1.165, 1.54) is 0 Å². The fraction of sp³-hybridized carbons (Fsp3) is 0.235. The average molecular weight is 347 g/mol. The molecular weight excluding hydrogens is 326 g/mol. The molecule has 0 unspecified atom stereocenters. The van der Waals surface area contributed by atoms with E-state index < -0.39 is 9.84 Å². The Balaban J connectivity index is 1.82. The third-order valence-electron chi connectivity index (χ3n) is 3.32. The van der Waals surface area contributed by atoms with Gasteiger partial charge in [-0.05, 0) is 42.8 Å². The van der Waals surface area contributed by atoms with Gasteiger partial charge in [-0.1, -0.05) is 18.2 Å². The molecular formula is C17H21N3O3S. The second-order valence-corrected chi connectivity index (χ2v) is 7.22. The van der Waals surface area contributed by atoms with Crippen molar-refractivity contribution >= 4 is 21.5 Å². The first kappa shape index (κ1) is 17.8. The molecule has 0 saturated heterocycles. The van der Waals surface area contributed by atoms with Gasteiger partial charge in [0.15, 0.2) is 15.8 Å². The molecule has 0 heterocycles. The van der Waals surface area contributed by atoms with Crippen LogP contribution in [0, 0.1) is 0 Å². The predicted molar refractivity (Wildman–Crippen MR) is 96.2 cm³/mol. The maximum Gasteiger partial charge on any atom is 0.193 e. The second kappa shape index (κ2) is 8.35. The quantitative estimate of drug-likeness (QED) is 0.455. The Bertz CT molecular complexity index is 772. The summed E-state index contributed by atoms with van der Waals surface area (Å²) in [6.07, 6.45) is 0.405. The Morgan fingerprint density at radius 3 is 2.42 bits per heavy atom. The van der Waals surface area contributed by atoms with E-state index >= 15 is 0 Å². The average Bonchev–Trinajstić information content (AvgIpc) is 2.60. The van der Waals surface area contributed by atoms with E-state index in [1.807, 2.05) is 24.3 Å². The number of anilines is 1. The van der Waals surface area contributed by atoms with Crippen LogP contribution in [0.15, 0.2) is 64.5 Å². The van der Waals surface area contributed by atoms with Crippen molar-refractivity contribution in [2.45, 2.75) is 11.3 Å². The zero-order valence-electron chi connectivity index (χ0n) is 13.5. The third kappa shape index (κ3) is 5.27. The number of hydrogen-bond donors (Lipinski definition) is 2. The zero-order valence-corrected chi connectivity index (χ0v) is 14.3. The third-order valence-corrected chi connectivity index (χ3v) is 5.13. The monoisotopic (exact) mass is 347 g/mol. The fourth-order valence-electron chi connectivity index (χ4n) is 2.06. The largest absolute Gasteiger partial charge is 0.497 e. The number of methoxy groups -OCH3 is 1. The molecule has 0 aliphatic heterocycles. The SMILES string of the molecule is COc1ccc(NC(N)=NCCCS(=O)(=O)c2ccccc2)cc1. The highest BCUT2D eigenvalue weighted by Crippen LogP contribution is 2.14. The highest BCUT2D eigenvalue weighted by Gasteiger charge is 2.12. The van der Waals surface area contributed by atoms with Gasteiger partial charge in [-0.3, -0.25) is 4.99 Å². The van der Waals surface area contributed by atoms with Crippen molar-refractivity contribution in [2.24, 2.45) is 10.7 Å². The molecule has 24 heavy (non-hydrogen) atoms. The number of nitrogens with zero attached hydrogens (tertiary/aromatic N) is 1. The summed E-state index contributed by atoms with van der Waals surface area (Å²) >= 11 is 0. The molecule has 0 bridgehead atoms. The zero-order chi connectivity index (χ0) is 17.4. The van der Waals surface area contributed by atoms with Crippen LogP contribution in [0.1, 0.15) is 6.42 Å². The minimum Gasteiger partial charge on any atom is -0.497 e. The molecule has 2 rings (SSSR count). The van der Waals surface area contributed by atoms with Crippen molar-refractivity contribution in [1.82, 2.24) is 0 Å². The van der Waals surface area contributed by atoms with E-state index in [9.17, 15) is 8.42 Å².